The molecular weight excluding hydrogens is 277 g/mol. The summed E-state index contributed by atoms with van der Waals surface area (Å²) in [5.41, 5.74) is -5.65. The number of pyridine rings is 1. The quantitative estimate of drug-likeness (QED) is 0.685. The summed E-state index contributed by atoms with van der Waals surface area (Å²) < 4.78 is 66.7. The summed E-state index contributed by atoms with van der Waals surface area (Å²) in [6.45, 7) is 1.15. The molecule has 9 heteroatoms. The molecule has 0 saturated heterocycles. The first-order valence-electron chi connectivity index (χ1n) is 4.98. The van der Waals surface area contributed by atoms with Gasteiger partial charge in [-0.15, -0.1) is 0 Å². The van der Waals surface area contributed by atoms with Gasteiger partial charge in [-0.1, -0.05) is 0 Å². The van der Waals surface area contributed by atoms with Crippen LogP contribution in [0.2, 0.25) is 0 Å². The third-order valence-electron chi connectivity index (χ3n) is 2.08. The van der Waals surface area contributed by atoms with Crippen molar-refractivity contribution in [3.63, 3.8) is 0 Å². The highest BCUT2D eigenvalue weighted by atomic mass is 19.4. The van der Waals surface area contributed by atoms with Crippen molar-refractivity contribution in [2.75, 3.05) is 6.61 Å². The van der Waals surface area contributed by atoms with Crippen LogP contribution >= 0.6 is 0 Å². The summed E-state index contributed by atoms with van der Waals surface area (Å²) in [6.07, 6.45) is -8.42. The van der Waals surface area contributed by atoms with Gasteiger partial charge in [0.25, 0.3) is 12.0 Å². The maximum atomic E-state index is 12.6. The number of carbonyl (C=O) groups excluding carboxylic acids is 1. The third-order valence-corrected chi connectivity index (χ3v) is 2.08. The van der Waals surface area contributed by atoms with Crippen LogP contribution in [0.4, 0.5) is 22.0 Å². The maximum Gasteiger partial charge on any atom is 0.431 e. The van der Waals surface area contributed by atoms with Crippen LogP contribution in [0.3, 0.4) is 0 Å². The zero-order chi connectivity index (χ0) is 14.8. The summed E-state index contributed by atoms with van der Waals surface area (Å²) in [4.78, 5) is 24.0. The van der Waals surface area contributed by atoms with Crippen molar-refractivity contribution in [3.8, 4) is 0 Å². The maximum absolute atomic E-state index is 12.6. The van der Waals surface area contributed by atoms with Crippen molar-refractivity contribution in [1.82, 2.24) is 4.98 Å². The van der Waals surface area contributed by atoms with Gasteiger partial charge in [0.05, 0.1) is 6.61 Å². The van der Waals surface area contributed by atoms with Crippen LogP contribution < -0.4 is 5.56 Å². The molecule has 0 fully saturated rings. The smallest absolute Gasteiger partial charge is 0.431 e. The van der Waals surface area contributed by atoms with Gasteiger partial charge >= 0.3 is 12.1 Å². The number of rotatable bonds is 3. The van der Waals surface area contributed by atoms with Crippen LogP contribution in [0.5, 0.6) is 0 Å². The molecule has 1 N–H and O–H groups in total. The van der Waals surface area contributed by atoms with Crippen LogP contribution in [-0.2, 0) is 10.9 Å². The molecule has 0 atom stereocenters. The summed E-state index contributed by atoms with van der Waals surface area (Å²) in [5.74, 6) is -1.40. The summed E-state index contributed by atoms with van der Waals surface area (Å²) in [7, 11) is 0. The lowest BCUT2D eigenvalue weighted by molar-refractivity contribution is -0.141. The second-order valence-electron chi connectivity index (χ2n) is 3.36. The van der Waals surface area contributed by atoms with Gasteiger partial charge in [0.2, 0.25) is 0 Å². The van der Waals surface area contributed by atoms with E-state index < -0.39 is 41.0 Å². The summed E-state index contributed by atoms with van der Waals surface area (Å²) in [6, 6.07) is 0.0261. The van der Waals surface area contributed by atoms with Gasteiger partial charge in [-0.25, -0.2) is 13.6 Å². The number of alkyl halides is 5. The van der Waals surface area contributed by atoms with E-state index in [1.807, 2.05) is 0 Å². The Morgan fingerprint density at radius 3 is 2.42 bits per heavy atom. The minimum atomic E-state index is -5.00. The molecule has 19 heavy (non-hydrogen) atoms. The average molecular weight is 285 g/mol. The molecule has 1 rings (SSSR count). The first kappa shape index (κ1) is 15.1. The van der Waals surface area contributed by atoms with Crippen molar-refractivity contribution in [1.29, 1.82) is 0 Å². The van der Waals surface area contributed by atoms with E-state index in [9.17, 15) is 31.5 Å². The predicted molar refractivity (Wildman–Crippen MR) is 53.0 cm³/mol. The van der Waals surface area contributed by atoms with Crippen molar-refractivity contribution >= 4 is 5.97 Å². The molecule has 1 aromatic heterocycles. The van der Waals surface area contributed by atoms with Gasteiger partial charge in [0.15, 0.2) is 0 Å². The molecule has 1 aromatic rings. The highest BCUT2D eigenvalue weighted by Gasteiger charge is 2.35. The number of hydrogen-bond donors (Lipinski definition) is 1. The van der Waals surface area contributed by atoms with Gasteiger partial charge in [0, 0.05) is 5.56 Å². The Labute approximate surface area is 103 Å². The van der Waals surface area contributed by atoms with E-state index in [0.717, 1.165) is 0 Å². The van der Waals surface area contributed by atoms with Crippen molar-refractivity contribution in [2.45, 2.75) is 19.5 Å². The number of H-pyrrole nitrogens is 1. The number of halogens is 5. The van der Waals surface area contributed by atoms with E-state index in [4.69, 9.17) is 0 Å². The minimum Gasteiger partial charge on any atom is -0.462 e. The van der Waals surface area contributed by atoms with Crippen molar-refractivity contribution < 1.29 is 31.5 Å². The molecule has 0 saturated carbocycles. The molecule has 0 aliphatic carbocycles. The fourth-order valence-electron chi connectivity index (χ4n) is 1.32. The lowest BCUT2D eigenvalue weighted by Crippen LogP contribution is -2.26. The standard InChI is InChI=1S/C10H8F5NO3/c1-2-19-9(18)6-4(7(11)12)3-5(10(13,14)15)16-8(6)17/h3,7H,2H2,1H3,(H,16,17). The lowest BCUT2D eigenvalue weighted by Gasteiger charge is -2.11. The zero-order valence-electron chi connectivity index (χ0n) is 9.48. The molecule has 0 unspecified atom stereocenters. The summed E-state index contributed by atoms with van der Waals surface area (Å²) in [5, 5.41) is 0. The van der Waals surface area contributed by atoms with Gasteiger partial charge in [-0.05, 0) is 13.0 Å². The Morgan fingerprint density at radius 2 is 2.00 bits per heavy atom. The molecule has 4 nitrogen and oxygen atoms in total. The predicted octanol–water partition coefficient (Wildman–Crippen LogP) is 2.51. The molecular formula is C10H8F5NO3. The van der Waals surface area contributed by atoms with E-state index in [-0.39, 0.29) is 12.7 Å². The SMILES string of the molecule is CCOC(=O)c1c(C(F)F)cc(C(F)(F)F)[nH]c1=O. The largest absolute Gasteiger partial charge is 0.462 e. The van der Waals surface area contributed by atoms with Crippen LogP contribution in [0.25, 0.3) is 0 Å². The van der Waals surface area contributed by atoms with E-state index in [2.05, 4.69) is 4.74 Å². The molecule has 0 spiro atoms. The first-order chi connectivity index (χ1) is 8.68. The molecule has 0 bridgehead atoms. The molecule has 0 radical (unpaired) electrons. The molecule has 0 aliphatic rings. The first-order valence-corrected chi connectivity index (χ1v) is 4.98. The van der Waals surface area contributed by atoms with Crippen molar-refractivity contribution in [3.05, 3.63) is 33.2 Å². The fraction of sp³-hybridized carbons (Fsp3) is 0.400. The number of hydrogen-bond acceptors (Lipinski definition) is 3. The van der Waals surface area contributed by atoms with E-state index >= 15 is 0 Å². The van der Waals surface area contributed by atoms with Gasteiger partial charge in [-0.2, -0.15) is 13.2 Å². The Balaban J connectivity index is 3.49. The molecule has 0 aromatic carbocycles. The van der Waals surface area contributed by atoms with Gasteiger partial charge in [-0.3, -0.25) is 4.79 Å². The Morgan fingerprint density at radius 1 is 1.42 bits per heavy atom. The molecule has 0 aliphatic heterocycles. The van der Waals surface area contributed by atoms with Gasteiger partial charge in [0.1, 0.15) is 11.3 Å². The highest BCUT2D eigenvalue weighted by Crippen LogP contribution is 2.30. The summed E-state index contributed by atoms with van der Waals surface area (Å²) >= 11 is 0. The molecule has 106 valence electrons. The lowest BCUT2D eigenvalue weighted by atomic mass is 10.1. The van der Waals surface area contributed by atoms with Crippen LogP contribution in [0.1, 0.15) is 35.0 Å². The monoisotopic (exact) mass is 285 g/mol. The second-order valence-corrected chi connectivity index (χ2v) is 3.36. The van der Waals surface area contributed by atoms with E-state index in [1.165, 1.54) is 11.9 Å². The van der Waals surface area contributed by atoms with Crippen LogP contribution in [-0.4, -0.2) is 17.6 Å². The highest BCUT2D eigenvalue weighted by molar-refractivity contribution is 5.90. The number of esters is 1. The molecule has 0 amide bonds. The number of aromatic nitrogens is 1. The molecule has 1 heterocycles. The van der Waals surface area contributed by atoms with Crippen molar-refractivity contribution in [2.24, 2.45) is 0 Å². The zero-order valence-corrected chi connectivity index (χ0v) is 9.48. The van der Waals surface area contributed by atoms with Crippen LogP contribution in [0.15, 0.2) is 10.9 Å². The topological polar surface area (TPSA) is 59.2 Å². The normalized spacial score (nSPS) is 11.7. The second kappa shape index (κ2) is 5.37. The number of ether oxygens (including phenoxy) is 1. The fourth-order valence-corrected chi connectivity index (χ4v) is 1.32. The minimum absolute atomic E-state index is 0.0261. The van der Waals surface area contributed by atoms with Crippen LogP contribution in [0, 0.1) is 0 Å². The number of aromatic amines is 1. The van der Waals surface area contributed by atoms with E-state index in [0.29, 0.717) is 0 Å². The average Bonchev–Trinajstić information content (AvgIpc) is 2.26. The van der Waals surface area contributed by atoms with E-state index in [1.54, 1.807) is 0 Å². The Kier molecular flexibility index (Phi) is 4.28. The number of nitrogens with one attached hydrogen (secondary N) is 1. The third kappa shape index (κ3) is 3.30. The van der Waals surface area contributed by atoms with Gasteiger partial charge < -0.3 is 9.72 Å². The number of carbonyl (C=O) groups is 1. The Hall–Kier alpha value is -1.93. The Bertz CT molecular complexity index is 535.